The van der Waals surface area contributed by atoms with E-state index in [1.165, 1.54) is 24.4 Å². The molecule has 1 aromatic heterocycles. The van der Waals surface area contributed by atoms with Crippen molar-refractivity contribution in [3.63, 3.8) is 0 Å². The number of nitrogens with one attached hydrogen (secondary N) is 1. The number of carbonyl (C=O) groups excluding carboxylic acids is 1. The van der Waals surface area contributed by atoms with Crippen LogP contribution in [-0.4, -0.2) is 30.2 Å². The fourth-order valence-electron chi connectivity index (χ4n) is 2.37. The van der Waals surface area contributed by atoms with Gasteiger partial charge in [0.1, 0.15) is 23.9 Å². The van der Waals surface area contributed by atoms with Gasteiger partial charge in [-0.05, 0) is 37.1 Å². The van der Waals surface area contributed by atoms with Gasteiger partial charge >= 0.3 is 0 Å². The van der Waals surface area contributed by atoms with E-state index in [0.29, 0.717) is 12.4 Å². The summed E-state index contributed by atoms with van der Waals surface area (Å²) in [5.41, 5.74) is 0.528. The summed E-state index contributed by atoms with van der Waals surface area (Å²) in [5.74, 6) is -0.463. The maximum absolute atomic E-state index is 13.5. The summed E-state index contributed by atoms with van der Waals surface area (Å²) >= 11 is 0. The van der Waals surface area contributed by atoms with E-state index in [0.717, 1.165) is 19.4 Å². The minimum atomic E-state index is -0.453. The molecule has 5 nitrogen and oxygen atoms in total. The van der Waals surface area contributed by atoms with Crippen LogP contribution in [0.2, 0.25) is 0 Å². The number of pyridine rings is 1. The van der Waals surface area contributed by atoms with Crippen LogP contribution in [0.1, 0.15) is 23.3 Å². The molecule has 0 saturated carbocycles. The molecule has 0 spiro atoms. The van der Waals surface area contributed by atoms with E-state index in [2.05, 4.69) is 10.3 Å². The summed E-state index contributed by atoms with van der Waals surface area (Å²) < 4.78 is 24.7. The average molecular weight is 316 g/mol. The average Bonchev–Trinajstić information content (AvgIpc) is 3.08. The smallest absolute Gasteiger partial charge is 0.274 e. The van der Waals surface area contributed by atoms with E-state index in [-0.39, 0.29) is 17.5 Å². The molecule has 0 aliphatic carbocycles. The van der Waals surface area contributed by atoms with Gasteiger partial charge in [0.15, 0.2) is 0 Å². The first-order valence-electron chi connectivity index (χ1n) is 7.49. The minimum absolute atomic E-state index is 0.0411. The maximum Gasteiger partial charge on any atom is 0.274 e. The quantitative estimate of drug-likeness (QED) is 0.921. The third-order valence-corrected chi connectivity index (χ3v) is 3.54. The number of amides is 1. The first kappa shape index (κ1) is 15.4. The van der Waals surface area contributed by atoms with Crippen LogP contribution in [-0.2, 0) is 4.74 Å². The number of halogens is 1. The Kier molecular flexibility index (Phi) is 4.83. The second kappa shape index (κ2) is 7.19. The summed E-state index contributed by atoms with van der Waals surface area (Å²) in [6.07, 6.45) is 3.52. The third kappa shape index (κ3) is 4.04. The van der Waals surface area contributed by atoms with Gasteiger partial charge in [-0.3, -0.25) is 9.78 Å². The van der Waals surface area contributed by atoms with Crippen LogP contribution in [0.3, 0.4) is 0 Å². The molecular weight excluding hydrogens is 299 g/mol. The zero-order chi connectivity index (χ0) is 16.1. The molecule has 0 radical (unpaired) electrons. The van der Waals surface area contributed by atoms with Crippen LogP contribution in [0.4, 0.5) is 10.1 Å². The molecule has 1 atom stereocenters. The molecule has 3 rings (SSSR count). The molecule has 23 heavy (non-hydrogen) atoms. The SMILES string of the molecule is O=C(Nc1cc(F)ccc1OC[C@@H]1CCCO1)c1ccccn1. The lowest BCUT2D eigenvalue weighted by atomic mass is 10.2. The number of benzene rings is 1. The fourth-order valence-corrected chi connectivity index (χ4v) is 2.37. The summed E-state index contributed by atoms with van der Waals surface area (Å²) in [4.78, 5) is 16.1. The Balaban J connectivity index is 1.72. The molecule has 1 amide bonds. The lowest BCUT2D eigenvalue weighted by Crippen LogP contribution is -2.18. The number of ether oxygens (including phenoxy) is 2. The zero-order valence-electron chi connectivity index (χ0n) is 12.5. The van der Waals surface area contributed by atoms with Crippen LogP contribution in [0, 0.1) is 5.82 Å². The molecule has 1 fully saturated rings. The highest BCUT2D eigenvalue weighted by Crippen LogP contribution is 2.27. The molecule has 2 heterocycles. The number of rotatable bonds is 5. The summed E-state index contributed by atoms with van der Waals surface area (Å²) in [7, 11) is 0. The molecule has 1 N–H and O–H groups in total. The van der Waals surface area contributed by atoms with Crippen LogP contribution >= 0.6 is 0 Å². The Morgan fingerprint density at radius 2 is 2.30 bits per heavy atom. The van der Waals surface area contributed by atoms with E-state index < -0.39 is 11.7 Å². The largest absolute Gasteiger partial charge is 0.489 e. The highest BCUT2D eigenvalue weighted by molar-refractivity contribution is 6.03. The Morgan fingerprint density at radius 3 is 3.04 bits per heavy atom. The fraction of sp³-hybridized carbons (Fsp3) is 0.294. The summed E-state index contributed by atoms with van der Waals surface area (Å²) in [5, 5.41) is 2.64. The van der Waals surface area contributed by atoms with Crippen molar-refractivity contribution in [2.75, 3.05) is 18.5 Å². The van der Waals surface area contributed by atoms with E-state index in [4.69, 9.17) is 9.47 Å². The van der Waals surface area contributed by atoms with Gasteiger partial charge in [0, 0.05) is 18.9 Å². The number of aromatic nitrogens is 1. The van der Waals surface area contributed by atoms with E-state index in [1.54, 1.807) is 18.2 Å². The molecule has 1 aliphatic heterocycles. The molecule has 1 saturated heterocycles. The van der Waals surface area contributed by atoms with Gasteiger partial charge in [0.25, 0.3) is 5.91 Å². The van der Waals surface area contributed by atoms with Crippen molar-refractivity contribution in [1.29, 1.82) is 0 Å². The Hall–Kier alpha value is -2.47. The van der Waals surface area contributed by atoms with Gasteiger partial charge in [-0.25, -0.2) is 4.39 Å². The lowest BCUT2D eigenvalue weighted by molar-refractivity contribution is 0.0681. The first-order chi connectivity index (χ1) is 11.2. The van der Waals surface area contributed by atoms with Crippen molar-refractivity contribution in [3.05, 3.63) is 54.1 Å². The highest BCUT2D eigenvalue weighted by Gasteiger charge is 2.18. The predicted octanol–water partition coefficient (Wildman–Crippen LogP) is 3.03. The Bertz CT molecular complexity index is 673. The Labute approximate surface area is 133 Å². The van der Waals surface area contributed by atoms with Crippen molar-refractivity contribution >= 4 is 11.6 Å². The van der Waals surface area contributed by atoms with E-state index >= 15 is 0 Å². The molecule has 1 aromatic carbocycles. The summed E-state index contributed by atoms with van der Waals surface area (Å²) in [6.45, 7) is 1.11. The van der Waals surface area contributed by atoms with Gasteiger partial charge in [0.2, 0.25) is 0 Å². The number of hydrogen-bond donors (Lipinski definition) is 1. The predicted molar refractivity (Wildman–Crippen MR) is 83.1 cm³/mol. The number of carbonyl (C=O) groups is 1. The molecule has 0 bridgehead atoms. The molecule has 0 unspecified atom stereocenters. The first-order valence-corrected chi connectivity index (χ1v) is 7.49. The van der Waals surface area contributed by atoms with Gasteiger partial charge in [-0.15, -0.1) is 0 Å². The van der Waals surface area contributed by atoms with Crippen molar-refractivity contribution in [3.8, 4) is 5.75 Å². The van der Waals surface area contributed by atoms with Crippen molar-refractivity contribution in [2.24, 2.45) is 0 Å². The van der Waals surface area contributed by atoms with Crippen LogP contribution < -0.4 is 10.1 Å². The van der Waals surface area contributed by atoms with Gasteiger partial charge in [0.05, 0.1) is 11.8 Å². The molecular formula is C17H17FN2O3. The van der Waals surface area contributed by atoms with Crippen LogP contribution in [0.15, 0.2) is 42.6 Å². The molecule has 2 aromatic rings. The maximum atomic E-state index is 13.5. The normalized spacial score (nSPS) is 17.0. The highest BCUT2D eigenvalue weighted by atomic mass is 19.1. The van der Waals surface area contributed by atoms with Gasteiger partial charge < -0.3 is 14.8 Å². The van der Waals surface area contributed by atoms with Crippen molar-refractivity contribution in [1.82, 2.24) is 4.98 Å². The minimum Gasteiger partial charge on any atom is -0.489 e. The van der Waals surface area contributed by atoms with Crippen molar-refractivity contribution in [2.45, 2.75) is 18.9 Å². The zero-order valence-corrected chi connectivity index (χ0v) is 12.5. The topological polar surface area (TPSA) is 60.5 Å². The number of anilines is 1. The summed E-state index contributed by atoms with van der Waals surface area (Å²) in [6, 6.07) is 9.03. The van der Waals surface area contributed by atoms with Crippen LogP contribution in [0.25, 0.3) is 0 Å². The van der Waals surface area contributed by atoms with Crippen LogP contribution in [0.5, 0.6) is 5.75 Å². The molecule has 120 valence electrons. The lowest BCUT2D eigenvalue weighted by Gasteiger charge is -2.15. The monoisotopic (exact) mass is 316 g/mol. The standard InChI is InChI=1S/C17H17FN2O3/c18-12-6-7-16(23-11-13-4-3-9-22-13)15(10-12)20-17(21)14-5-1-2-8-19-14/h1-2,5-8,10,13H,3-4,9,11H2,(H,20,21)/t13-/m0/s1. The van der Waals surface area contributed by atoms with E-state index in [9.17, 15) is 9.18 Å². The molecule has 1 aliphatic rings. The number of nitrogens with zero attached hydrogens (tertiary/aromatic N) is 1. The van der Waals surface area contributed by atoms with Gasteiger partial charge in [-0.2, -0.15) is 0 Å². The van der Waals surface area contributed by atoms with Crippen molar-refractivity contribution < 1.29 is 18.7 Å². The third-order valence-electron chi connectivity index (χ3n) is 3.54. The Morgan fingerprint density at radius 1 is 1.39 bits per heavy atom. The van der Waals surface area contributed by atoms with E-state index in [1.807, 2.05) is 0 Å². The molecule has 6 heteroatoms. The number of hydrogen-bond acceptors (Lipinski definition) is 4. The second-order valence-electron chi connectivity index (χ2n) is 5.26. The second-order valence-corrected chi connectivity index (χ2v) is 5.26. The van der Waals surface area contributed by atoms with Gasteiger partial charge in [-0.1, -0.05) is 6.07 Å².